The largest absolute Gasteiger partial charge is 0.396 e. The molecule has 0 spiro atoms. The van der Waals surface area contributed by atoms with E-state index in [9.17, 15) is 20.4 Å². The number of hydrogen-bond donors (Lipinski definition) is 4. The molecule has 0 saturated heterocycles. The van der Waals surface area contributed by atoms with Gasteiger partial charge in [-0.2, -0.15) is 0 Å². The first kappa shape index (κ1) is 20.6. The summed E-state index contributed by atoms with van der Waals surface area (Å²) in [6, 6.07) is 0. The zero-order chi connectivity index (χ0) is 18.7. The van der Waals surface area contributed by atoms with Gasteiger partial charge in [-0.15, -0.1) is 0 Å². The van der Waals surface area contributed by atoms with Crippen molar-refractivity contribution in [3.63, 3.8) is 0 Å². The Labute approximate surface area is 159 Å². The molecule has 4 heteroatoms. The van der Waals surface area contributed by atoms with Gasteiger partial charge in [0.05, 0.1) is 0 Å². The molecule has 4 N–H and O–H groups in total. The van der Waals surface area contributed by atoms with Gasteiger partial charge in [-0.05, 0) is 112 Å². The topological polar surface area (TPSA) is 80.9 Å². The van der Waals surface area contributed by atoms with Crippen LogP contribution in [-0.2, 0) is 0 Å². The third-order valence-electron chi connectivity index (χ3n) is 7.96. The predicted octanol–water partition coefficient (Wildman–Crippen LogP) is 3.40. The molecule has 4 saturated carbocycles. The highest BCUT2D eigenvalue weighted by atomic mass is 16.3. The lowest BCUT2D eigenvalue weighted by atomic mass is 9.33. The van der Waals surface area contributed by atoms with Gasteiger partial charge in [0.1, 0.15) is 0 Å². The molecule has 4 nitrogen and oxygen atoms in total. The van der Waals surface area contributed by atoms with E-state index >= 15 is 0 Å². The van der Waals surface area contributed by atoms with Crippen LogP contribution >= 0.6 is 0 Å². The Balaban J connectivity index is 1.93. The second-order valence-electron chi connectivity index (χ2n) is 10.4. The molecule has 0 unspecified atom stereocenters. The van der Waals surface area contributed by atoms with E-state index in [4.69, 9.17) is 0 Å². The van der Waals surface area contributed by atoms with Crippen LogP contribution in [0.5, 0.6) is 0 Å². The van der Waals surface area contributed by atoms with Gasteiger partial charge >= 0.3 is 0 Å². The second-order valence-corrected chi connectivity index (χ2v) is 10.4. The molecule has 26 heavy (non-hydrogen) atoms. The Morgan fingerprint density at radius 3 is 0.731 bits per heavy atom. The van der Waals surface area contributed by atoms with Gasteiger partial charge in [0.15, 0.2) is 0 Å². The molecular formula is C22H40O4. The molecule has 4 rings (SSSR count). The zero-order valence-corrected chi connectivity index (χ0v) is 16.5. The Hall–Kier alpha value is -0.160. The molecule has 0 heterocycles. The summed E-state index contributed by atoms with van der Waals surface area (Å²) in [4.78, 5) is 0. The lowest BCUT2D eigenvalue weighted by molar-refractivity contribution is -0.213. The van der Waals surface area contributed by atoms with Crippen molar-refractivity contribution in [2.24, 2.45) is 21.7 Å². The minimum Gasteiger partial charge on any atom is -0.396 e. The molecule has 4 aliphatic carbocycles. The van der Waals surface area contributed by atoms with E-state index in [0.29, 0.717) is 21.7 Å². The van der Waals surface area contributed by atoms with Crippen LogP contribution in [-0.4, -0.2) is 46.9 Å². The Kier molecular flexibility index (Phi) is 6.38. The normalized spacial score (nSPS) is 41.1. The van der Waals surface area contributed by atoms with E-state index in [0.717, 1.165) is 51.4 Å². The first-order chi connectivity index (χ1) is 12.5. The van der Waals surface area contributed by atoms with Gasteiger partial charge in [-0.1, -0.05) is 0 Å². The highest BCUT2D eigenvalue weighted by molar-refractivity contribution is 5.17. The van der Waals surface area contributed by atoms with Crippen molar-refractivity contribution in [3.8, 4) is 0 Å². The van der Waals surface area contributed by atoms with E-state index in [1.165, 1.54) is 38.5 Å². The van der Waals surface area contributed by atoms with E-state index in [2.05, 4.69) is 0 Å². The molecule has 0 atom stereocenters. The summed E-state index contributed by atoms with van der Waals surface area (Å²) in [7, 11) is 0. The van der Waals surface area contributed by atoms with Gasteiger partial charge in [0, 0.05) is 26.4 Å². The van der Waals surface area contributed by atoms with Gasteiger partial charge < -0.3 is 20.4 Å². The minimum absolute atomic E-state index is 0.276. The molecule has 4 aliphatic rings. The Morgan fingerprint density at radius 2 is 0.577 bits per heavy atom. The van der Waals surface area contributed by atoms with Crippen LogP contribution in [0, 0.1) is 21.7 Å². The number of rotatable bonds is 12. The summed E-state index contributed by atoms with van der Waals surface area (Å²) in [5.41, 5.74) is 1.32. The van der Waals surface area contributed by atoms with E-state index < -0.39 is 0 Å². The molecule has 0 radical (unpaired) electrons. The van der Waals surface area contributed by atoms with Crippen molar-refractivity contribution >= 4 is 0 Å². The fourth-order valence-electron chi connectivity index (χ4n) is 8.40. The lowest BCUT2D eigenvalue weighted by Crippen LogP contribution is -2.61. The minimum atomic E-state index is 0.276. The average molecular weight is 369 g/mol. The van der Waals surface area contributed by atoms with Crippen molar-refractivity contribution in [1.82, 2.24) is 0 Å². The molecule has 4 bridgehead atoms. The molecule has 152 valence electrons. The molecule has 0 aromatic rings. The lowest BCUT2D eigenvalue weighted by Gasteiger charge is -2.72. The van der Waals surface area contributed by atoms with E-state index in [1.807, 2.05) is 0 Å². The Morgan fingerprint density at radius 1 is 0.385 bits per heavy atom. The summed E-state index contributed by atoms with van der Waals surface area (Å²) in [5.74, 6) is 0. The van der Waals surface area contributed by atoms with Gasteiger partial charge in [-0.3, -0.25) is 0 Å². The SMILES string of the molecule is OCCCC12CC3(CCCO)CC(CCCO)(C1)CC(CCCO)(C2)C3. The number of aliphatic hydroxyl groups is 4. The maximum absolute atomic E-state index is 9.49. The van der Waals surface area contributed by atoms with Crippen molar-refractivity contribution in [2.75, 3.05) is 26.4 Å². The monoisotopic (exact) mass is 368 g/mol. The fraction of sp³-hybridized carbons (Fsp3) is 1.00. The maximum atomic E-state index is 9.49. The smallest absolute Gasteiger partial charge is 0.0431 e. The van der Waals surface area contributed by atoms with Crippen LogP contribution < -0.4 is 0 Å². The Bertz CT molecular complexity index is 344. The van der Waals surface area contributed by atoms with Crippen molar-refractivity contribution in [1.29, 1.82) is 0 Å². The highest BCUT2D eigenvalue weighted by Gasteiger charge is 2.66. The van der Waals surface area contributed by atoms with Gasteiger partial charge in [0.2, 0.25) is 0 Å². The van der Waals surface area contributed by atoms with Gasteiger partial charge in [-0.25, -0.2) is 0 Å². The van der Waals surface area contributed by atoms with Crippen LogP contribution in [0.1, 0.15) is 89.9 Å². The maximum Gasteiger partial charge on any atom is 0.0431 e. The molecule has 0 aliphatic heterocycles. The fourth-order valence-corrected chi connectivity index (χ4v) is 8.40. The standard InChI is InChI=1S/C22H40O4/c23-9-1-5-19-13-20(6-2-10-24)16-21(14-19,7-3-11-25)18-22(15-19,17-20)8-4-12-26/h23-26H,1-18H2. The third-order valence-corrected chi connectivity index (χ3v) is 7.96. The highest BCUT2D eigenvalue weighted by Crippen LogP contribution is 2.77. The summed E-state index contributed by atoms with van der Waals surface area (Å²) in [6.45, 7) is 1.11. The molecular weight excluding hydrogens is 328 g/mol. The number of aliphatic hydroxyl groups excluding tert-OH is 4. The van der Waals surface area contributed by atoms with E-state index in [-0.39, 0.29) is 26.4 Å². The van der Waals surface area contributed by atoms with Gasteiger partial charge in [0.25, 0.3) is 0 Å². The summed E-state index contributed by atoms with van der Waals surface area (Å²) in [5, 5.41) is 37.9. The van der Waals surface area contributed by atoms with Crippen LogP contribution in [0.25, 0.3) is 0 Å². The summed E-state index contributed by atoms with van der Waals surface area (Å²) in [6.07, 6.45) is 15.6. The van der Waals surface area contributed by atoms with Crippen molar-refractivity contribution < 1.29 is 20.4 Å². The van der Waals surface area contributed by atoms with Crippen LogP contribution in [0.15, 0.2) is 0 Å². The average Bonchev–Trinajstić information content (AvgIpc) is 2.60. The van der Waals surface area contributed by atoms with Crippen LogP contribution in [0.4, 0.5) is 0 Å². The molecule has 0 amide bonds. The van der Waals surface area contributed by atoms with Crippen molar-refractivity contribution in [3.05, 3.63) is 0 Å². The third kappa shape index (κ3) is 3.99. The van der Waals surface area contributed by atoms with Crippen LogP contribution in [0.2, 0.25) is 0 Å². The molecule has 0 aromatic carbocycles. The molecule has 0 aromatic heterocycles. The summed E-state index contributed by atoms with van der Waals surface area (Å²) < 4.78 is 0. The van der Waals surface area contributed by atoms with Crippen molar-refractivity contribution in [2.45, 2.75) is 89.9 Å². The zero-order valence-electron chi connectivity index (χ0n) is 16.5. The molecule has 4 fully saturated rings. The van der Waals surface area contributed by atoms with Crippen LogP contribution in [0.3, 0.4) is 0 Å². The first-order valence-electron chi connectivity index (χ1n) is 10.9. The summed E-state index contributed by atoms with van der Waals surface area (Å²) >= 11 is 0. The predicted molar refractivity (Wildman–Crippen MR) is 103 cm³/mol. The van der Waals surface area contributed by atoms with E-state index in [1.54, 1.807) is 0 Å². The first-order valence-corrected chi connectivity index (χ1v) is 10.9. The number of hydrogen-bond acceptors (Lipinski definition) is 4. The second kappa shape index (κ2) is 8.06. The quantitative estimate of drug-likeness (QED) is 0.426.